The number of nitrogens with zero attached hydrogens (tertiary/aromatic N) is 1. The molecular formula is C16H17NO3. The molecule has 0 spiro atoms. The van der Waals surface area contributed by atoms with Gasteiger partial charge in [-0.25, -0.2) is 0 Å². The van der Waals surface area contributed by atoms with E-state index in [0.717, 1.165) is 16.8 Å². The normalized spacial score (nSPS) is 10.6. The van der Waals surface area contributed by atoms with Crippen molar-refractivity contribution < 1.29 is 9.90 Å². The molecule has 0 fully saturated rings. The van der Waals surface area contributed by atoms with Gasteiger partial charge in [-0.1, -0.05) is 17.7 Å². The van der Waals surface area contributed by atoms with Gasteiger partial charge in [0.1, 0.15) is 11.3 Å². The number of aromatic hydroxyl groups is 1. The predicted octanol–water partition coefficient (Wildman–Crippen LogP) is 2.67. The lowest BCUT2D eigenvalue weighted by molar-refractivity contribution is 0.101. The van der Waals surface area contributed by atoms with E-state index in [2.05, 4.69) is 0 Å². The first-order valence-electron chi connectivity index (χ1n) is 6.37. The summed E-state index contributed by atoms with van der Waals surface area (Å²) in [4.78, 5) is 24.0. The fraction of sp³-hybridized carbons (Fsp3) is 0.250. The lowest BCUT2D eigenvalue weighted by atomic mass is 10.1. The summed E-state index contributed by atoms with van der Waals surface area (Å²) in [6.07, 6.45) is 0. The van der Waals surface area contributed by atoms with E-state index in [-0.39, 0.29) is 11.3 Å². The van der Waals surface area contributed by atoms with Crippen molar-refractivity contribution >= 4 is 5.78 Å². The molecule has 1 N–H and O–H groups in total. The monoisotopic (exact) mass is 271 g/mol. The van der Waals surface area contributed by atoms with E-state index in [1.807, 2.05) is 32.0 Å². The topological polar surface area (TPSA) is 59.3 Å². The Balaban J connectivity index is 2.84. The van der Waals surface area contributed by atoms with Crippen LogP contribution in [0, 0.1) is 20.8 Å². The molecule has 0 radical (unpaired) electrons. The number of Topliss-reactive ketones (excluding diaryl/α,β-unsaturated/α-hetero) is 1. The number of carbonyl (C=O) groups excluding carboxylic acids is 1. The largest absolute Gasteiger partial charge is 0.507 e. The molecule has 0 aliphatic carbocycles. The minimum absolute atomic E-state index is 0.171. The fourth-order valence-electron chi connectivity index (χ4n) is 2.40. The molecule has 1 heterocycles. The molecule has 0 unspecified atom stereocenters. The zero-order chi connectivity index (χ0) is 15.0. The lowest BCUT2D eigenvalue weighted by Crippen LogP contribution is -2.26. The van der Waals surface area contributed by atoms with Gasteiger partial charge < -0.3 is 5.11 Å². The van der Waals surface area contributed by atoms with E-state index in [0.29, 0.717) is 5.69 Å². The van der Waals surface area contributed by atoms with Crippen molar-refractivity contribution in [2.24, 2.45) is 0 Å². The van der Waals surface area contributed by atoms with Crippen LogP contribution in [-0.4, -0.2) is 15.5 Å². The maximum atomic E-state index is 12.5. The van der Waals surface area contributed by atoms with Gasteiger partial charge in [0.25, 0.3) is 5.56 Å². The number of aromatic nitrogens is 1. The number of benzene rings is 1. The second kappa shape index (κ2) is 4.96. The van der Waals surface area contributed by atoms with Gasteiger partial charge in [0.15, 0.2) is 5.78 Å². The van der Waals surface area contributed by atoms with Crippen LogP contribution in [0.4, 0.5) is 0 Å². The summed E-state index contributed by atoms with van der Waals surface area (Å²) in [6, 6.07) is 7.17. The molecule has 0 atom stereocenters. The van der Waals surface area contributed by atoms with Crippen LogP contribution in [0.25, 0.3) is 5.69 Å². The minimum Gasteiger partial charge on any atom is -0.507 e. The Morgan fingerprint density at radius 3 is 2.35 bits per heavy atom. The average molecular weight is 271 g/mol. The third kappa shape index (κ3) is 2.25. The molecule has 20 heavy (non-hydrogen) atoms. The third-order valence-electron chi connectivity index (χ3n) is 3.32. The van der Waals surface area contributed by atoms with Gasteiger partial charge in [-0.05, 0) is 39.3 Å². The van der Waals surface area contributed by atoms with Crippen LogP contribution in [0.1, 0.15) is 34.1 Å². The van der Waals surface area contributed by atoms with Crippen molar-refractivity contribution in [2.45, 2.75) is 27.7 Å². The highest BCUT2D eigenvalue weighted by molar-refractivity contribution is 5.96. The molecule has 2 rings (SSSR count). The Hall–Kier alpha value is -2.36. The summed E-state index contributed by atoms with van der Waals surface area (Å²) in [5.74, 6) is -0.702. The first-order chi connectivity index (χ1) is 9.32. The van der Waals surface area contributed by atoms with Crippen molar-refractivity contribution in [1.82, 2.24) is 4.57 Å². The predicted molar refractivity (Wildman–Crippen MR) is 77.9 cm³/mol. The van der Waals surface area contributed by atoms with Gasteiger partial charge in [0.05, 0.1) is 5.69 Å². The molecule has 0 aliphatic heterocycles. The Bertz CT molecular complexity index is 757. The molecule has 0 saturated heterocycles. The lowest BCUT2D eigenvalue weighted by Gasteiger charge is -2.15. The molecule has 0 aliphatic rings. The van der Waals surface area contributed by atoms with Gasteiger partial charge in [0, 0.05) is 11.8 Å². The van der Waals surface area contributed by atoms with Gasteiger partial charge >= 0.3 is 0 Å². The van der Waals surface area contributed by atoms with Crippen LogP contribution in [0.5, 0.6) is 5.75 Å². The summed E-state index contributed by atoms with van der Waals surface area (Å²) in [7, 11) is 0. The number of pyridine rings is 1. The summed E-state index contributed by atoms with van der Waals surface area (Å²) in [5, 5.41) is 9.79. The van der Waals surface area contributed by atoms with Crippen molar-refractivity contribution in [3.63, 3.8) is 0 Å². The molecule has 1 aromatic heterocycles. The number of aryl methyl sites for hydroxylation is 3. The number of ketones is 1. The van der Waals surface area contributed by atoms with E-state index >= 15 is 0 Å². The quantitative estimate of drug-likeness (QED) is 0.854. The highest BCUT2D eigenvalue weighted by Gasteiger charge is 2.17. The highest BCUT2D eigenvalue weighted by Crippen LogP contribution is 2.20. The van der Waals surface area contributed by atoms with E-state index < -0.39 is 11.3 Å². The van der Waals surface area contributed by atoms with Gasteiger partial charge in [0.2, 0.25) is 0 Å². The standard InChI is InChI=1S/C16H17NO3/c1-9-5-6-13(10(2)7-9)17-11(3)8-14(19)15(12(4)18)16(17)20/h5-8,19H,1-4H3. The zero-order valence-corrected chi connectivity index (χ0v) is 12.0. The van der Waals surface area contributed by atoms with Crippen LogP contribution < -0.4 is 5.56 Å². The maximum absolute atomic E-state index is 12.5. The summed E-state index contributed by atoms with van der Waals surface area (Å²) < 4.78 is 1.46. The maximum Gasteiger partial charge on any atom is 0.269 e. The molecular weight excluding hydrogens is 254 g/mol. The van der Waals surface area contributed by atoms with Crippen LogP contribution in [0.15, 0.2) is 29.1 Å². The Morgan fingerprint density at radius 2 is 1.80 bits per heavy atom. The number of carbonyl (C=O) groups is 1. The van der Waals surface area contributed by atoms with Crippen molar-refractivity contribution in [1.29, 1.82) is 0 Å². The van der Waals surface area contributed by atoms with Crippen LogP contribution >= 0.6 is 0 Å². The SMILES string of the molecule is CC(=O)c1c(O)cc(C)n(-c2ccc(C)cc2C)c1=O. The molecule has 0 amide bonds. The van der Waals surface area contributed by atoms with Gasteiger partial charge in [-0.3, -0.25) is 14.2 Å². The molecule has 1 aromatic carbocycles. The van der Waals surface area contributed by atoms with E-state index in [9.17, 15) is 14.7 Å². The minimum atomic E-state index is -0.484. The fourth-order valence-corrected chi connectivity index (χ4v) is 2.40. The average Bonchev–Trinajstić information content (AvgIpc) is 2.30. The highest BCUT2D eigenvalue weighted by atomic mass is 16.3. The molecule has 0 bridgehead atoms. The van der Waals surface area contributed by atoms with Crippen LogP contribution in [0.2, 0.25) is 0 Å². The third-order valence-corrected chi connectivity index (χ3v) is 3.32. The van der Waals surface area contributed by atoms with Crippen molar-refractivity contribution in [2.75, 3.05) is 0 Å². The van der Waals surface area contributed by atoms with E-state index in [1.54, 1.807) is 6.92 Å². The summed E-state index contributed by atoms with van der Waals surface area (Å²) in [5.41, 5.74) is 2.69. The van der Waals surface area contributed by atoms with Gasteiger partial charge in [-0.2, -0.15) is 0 Å². The van der Waals surface area contributed by atoms with Gasteiger partial charge in [-0.15, -0.1) is 0 Å². The van der Waals surface area contributed by atoms with Crippen molar-refractivity contribution in [3.8, 4) is 11.4 Å². The Morgan fingerprint density at radius 1 is 1.15 bits per heavy atom. The Kier molecular flexibility index (Phi) is 3.49. The molecule has 104 valence electrons. The van der Waals surface area contributed by atoms with E-state index in [4.69, 9.17) is 0 Å². The first-order valence-corrected chi connectivity index (χ1v) is 6.37. The van der Waals surface area contributed by atoms with Crippen LogP contribution in [0.3, 0.4) is 0 Å². The van der Waals surface area contributed by atoms with E-state index in [1.165, 1.54) is 17.6 Å². The number of hydrogen-bond donors (Lipinski definition) is 1. The van der Waals surface area contributed by atoms with Crippen LogP contribution in [-0.2, 0) is 0 Å². The molecule has 0 saturated carbocycles. The van der Waals surface area contributed by atoms with Crippen molar-refractivity contribution in [3.05, 3.63) is 57.0 Å². The molecule has 2 aromatic rings. The molecule has 4 nitrogen and oxygen atoms in total. The first kappa shape index (κ1) is 14.1. The Labute approximate surface area is 117 Å². The summed E-state index contributed by atoms with van der Waals surface area (Å²) in [6.45, 7) is 6.89. The smallest absolute Gasteiger partial charge is 0.269 e. The zero-order valence-electron chi connectivity index (χ0n) is 12.0. The second-order valence-electron chi connectivity index (χ2n) is 5.03. The number of rotatable bonds is 2. The molecule has 4 heteroatoms. The number of hydrogen-bond acceptors (Lipinski definition) is 3. The summed E-state index contributed by atoms with van der Waals surface area (Å²) >= 11 is 0. The second-order valence-corrected chi connectivity index (χ2v) is 5.03.